The highest BCUT2D eigenvalue weighted by Gasteiger charge is 2.24. The quantitative estimate of drug-likeness (QED) is 0.578. The van der Waals surface area contributed by atoms with Crippen LogP contribution < -0.4 is 10.5 Å². The van der Waals surface area contributed by atoms with E-state index in [1.54, 1.807) is 11.8 Å². The van der Waals surface area contributed by atoms with Crippen molar-refractivity contribution in [3.05, 3.63) is 42.4 Å². The van der Waals surface area contributed by atoms with Crippen LogP contribution in [0.5, 0.6) is 5.75 Å². The lowest BCUT2D eigenvalue weighted by atomic mass is 10.1. The fourth-order valence-corrected chi connectivity index (χ4v) is 3.16. The van der Waals surface area contributed by atoms with E-state index in [0.29, 0.717) is 35.2 Å². The molecule has 2 N–H and O–H groups in total. The summed E-state index contributed by atoms with van der Waals surface area (Å²) in [5, 5.41) is 13.9. The molecule has 0 bridgehead atoms. The average Bonchev–Trinajstić information content (AvgIpc) is 3.25. The summed E-state index contributed by atoms with van der Waals surface area (Å²) in [6.07, 6.45) is 6.28. The first kappa shape index (κ1) is 15.7. The Balaban J connectivity index is 1.50. The van der Waals surface area contributed by atoms with Crippen LogP contribution in [0.2, 0.25) is 0 Å². The first-order valence-corrected chi connectivity index (χ1v) is 8.76. The molecule has 0 radical (unpaired) electrons. The van der Waals surface area contributed by atoms with Gasteiger partial charge in [0.2, 0.25) is 5.95 Å². The highest BCUT2D eigenvalue weighted by Crippen LogP contribution is 2.34. The van der Waals surface area contributed by atoms with Crippen molar-refractivity contribution in [3.63, 3.8) is 0 Å². The standard InChI is InChI=1S/C18H18N8O/c1-27-15-4-2-3-13-16(20-18(19)21-17(13)15)14-10-25(24-22-14)9-11-7-8-26(23-11)12-5-6-12/h2-4,7-8,10,12H,5-6,9H2,1H3,(H2,19,20,21). The molecule has 3 aromatic heterocycles. The molecule has 1 fully saturated rings. The number of para-hydroxylation sites is 1. The summed E-state index contributed by atoms with van der Waals surface area (Å²) < 4.78 is 9.16. The molecule has 0 saturated heterocycles. The third-order valence-corrected chi connectivity index (χ3v) is 4.62. The van der Waals surface area contributed by atoms with Crippen molar-refractivity contribution in [2.75, 3.05) is 12.8 Å². The van der Waals surface area contributed by atoms with Gasteiger partial charge in [0.15, 0.2) is 0 Å². The molecule has 4 aromatic rings. The van der Waals surface area contributed by atoms with Gasteiger partial charge in [-0.15, -0.1) is 5.10 Å². The molecule has 5 rings (SSSR count). The molecule has 1 aromatic carbocycles. The van der Waals surface area contributed by atoms with E-state index in [-0.39, 0.29) is 5.95 Å². The maximum absolute atomic E-state index is 5.91. The lowest BCUT2D eigenvalue weighted by Gasteiger charge is -2.07. The van der Waals surface area contributed by atoms with Crippen molar-refractivity contribution in [2.45, 2.75) is 25.4 Å². The number of rotatable bonds is 5. The topological polar surface area (TPSA) is 110 Å². The van der Waals surface area contributed by atoms with Crippen LogP contribution in [0.15, 0.2) is 36.7 Å². The van der Waals surface area contributed by atoms with Gasteiger partial charge in [0, 0.05) is 11.6 Å². The van der Waals surface area contributed by atoms with Crippen LogP contribution in [0, 0.1) is 0 Å². The number of benzene rings is 1. The predicted molar refractivity (Wildman–Crippen MR) is 99.1 cm³/mol. The van der Waals surface area contributed by atoms with Crippen molar-refractivity contribution in [2.24, 2.45) is 0 Å². The number of nitrogens with zero attached hydrogens (tertiary/aromatic N) is 7. The maximum Gasteiger partial charge on any atom is 0.221 e. The van der Waals surface area contributed by atoms with E-state index < -0.39 is 0 Å². The zero-order valence-corrected chi connectivity index (χ0v) is 14.8. The minimum Gasteiger partial charge on any atom is -0.494 e. The SMILES string of the molecule is COc1cccc2c(-c3cn(Cc4ccn(C5CC5)n4)nn3)nc(N)nc12. The summed E-state index contributed by atoms with van der Waals surface area (Å²) in [6, 6.07) is 8.23. The molecule has 0 amide bonds. The van der Waals surface area contributed by atoms with Crippen molar-refractivity contribution in [1.29, 1.82) is 0 Å². The van der Waals surface area contributed by atoms with Crippen LogP contribution in [0.4, 0.5) is 5.95 Å². The van der Waals surface area contributed by atoms with Gasteiger partial charge in [-0.25, -0.2) is 14.6 Å². The van der Waals surface area contributed by atoms with Gasteiger partial charge in [-0.2, -0.15) is 5.10 Å². The van der Waals surface area contributed by atoms with Gasteiger partial charge in [-0.3, -0.25) is 4.68 Å². The highest BCUT2D eigenvalue weighted by molar-refractivity contribution is 5.95. The van der Waals surface area contributed by atoms with Gasteiger partial charge in [-0.1, -0.05) is 17.3 Å². The third kappa shape index (κ3) is 2.86. The Bertz CT molecular complexity index is 1130. The second-order valence-corrected chi connectivity index (χ2v) is 6.61. The van der Waals surface area contributed by atoms with Gasteiger partial charge in [-0.05, 0) is 25.0 Å². The largest absolute Gasteiger partial charge is 0.494 e. The molecule has 9 nitrogen and oxygen atoms in total. The van der Waals surface area contributed by atoms with Gasteiger partial charge >= 0.3 is 0 Å². The number of ether oxygens (including phenoxy) is 1. The number of hydrogen-bond acceptors (Lipinski definition) is 7. The van der Waals surface area contributed by atoms with Crippen LogP contribution in [0.1, 0.15) is 24.6 Å². The van der Waals surface area contributed by atoms with Gasteiger partial charge in [0.05, 0.1) is 31.6 Å². The number of nitrogen functional groups attached to an aromatic ring is 1. The highest BCUT2D eigenvalue weighted by atomic mass is 16.5. The zero-order chi connectivity index (χ0) is 18.4. The molecular formula is C18H18N8O. The van der Waals surface area contributed by atoms with Gasteiger partial charge in [0.1, 0.15) is 22.7 Å². The van der Waals surface area contributed by atoms with Crippen molar-refractivity contribution in [1.82, 2.24) is 34.7 Å². The number of fused-ring (bicyclic) bond motifs is 1. The predicted octanol–water partition coefficient (Wildman–Crippen LogP) is 2.06. The molecule has 136 valence electrons. The molecule has 1 aliphatic rings. The van der Waals surface area contributed by atoms with E-state index in [4.69, 9.17) is 10.5 Å². The summed E-state index contributed by atoms with van der Waals surface area (Å²) in [7, 11) is 1.60. The molecule has 0 unspecified atom stereocenters. The van der Waals surface area contributed by atoms with E-state index in [1.807, 2.05) is 41.3 Å². The molecular weight excluding hydrogens is 344 g/mol. The van der Waals surface area contributed by atoms with E-state index >= 15 is 0 Å². The maximum atomic E-state index is 5.91. The minimum atomic E-state index is 0.166. The average molecular weight is 362 g/mol. The van der Waals surface area contributed by atoms with Crippen LogP contribution in [0.3, 0.4) is 0 Å². The summed E-state index contributed by atoms with van der Waals surface area (Å²) in [6.45, 7) is 0.550. The molecule has 1 aliphatic carbocycles. The number of aromatic nitrogens is 7. The first-order valence-electron chi connectivity index (χ1n) is 8.76. The molecule has 3 heterocycles. The van der Waals surface area contributed by atoms with Crippen molar-refractivity contribution in [3.8, 4) is 17.1 Å². The lowest BCUT2D eigenvalue weighted by Crippen LogP contribution is -2.03. The fourth-order valence-electron chi connectivity index (χ4n) is 3.16. The number of methoxy groups -OCH3 is 1. The Morgan fingerprint density at radius 1 is 1.22 bits per heavy atom. The van der Waals surface area contributed by atoms with E-state index in [9.17, 15) is 0 Å². The number of nitrogens with two attached hydrogens (primary N) is 1. The second-order valence-electron chi connectivity index (χ2n) is 6.61. The summed E-state index contributed by atoms with van der Waals surface area (Å²) in [4.78, 5) is 8.68. The molecule has 1 saturated carbocycles. The summed E-state index contributed by atoms with van der Waals surface area (Å²) in [5.41, 5.74) is 8.77. The number of anilines is 1. The van der Waals surface area contributed by atoms with Crippen LogP contribution >= 0.6 is 0 Å². The monoisotopic (exact) mass is 362 g/mol. The summed E-state index contributed by atoms with van der Waals surface area (Å²) in [5.74, 6) is 0.806. The molecule has 0 aliphatic heterocycles. The molecule has 9 heteroatoms. The Hall–Kier alpha value is -3.49. The van der Waals surface area contributed by atoms with Gasteiger partial charge < -0.3 is 10.5 Å². The fraction of sp³-hybridized carbons (Fsp3) is 0.278. The van der Waals surface area contributed by atoms with Crippen LogP contribution in [0.25, 0.3) is 22.3 Å². The smallest absolute Gasteiger partial charge is 0.221 e. The molecule has 0 atom stereocenters. The number of hydrogen-bond donors (Lipinski definition) is 1. The van der Waals surface area contributed by atoms with Crippen LogP contribution in [-0.4, -0.2) is 41.9 Å². The lowest BCUT2D eigenvalue weighted by molar-refractivity contribution is 0.419. The zero-order valence-electron chi connectivity index (χ0n) is 14.8. The van der Waals surface area contributed by atoms with Crippen molar-refractivity contribution < 1.29 is 4.74 Å². The Kier molecular flexibility index (Phi) is 3.52. The minimum absolute atomic E-state index is 0.166. The summed E-state index contributed by atoms with van der Waals surface area (Å²) >= 11 is 0. The Morgan fingerprint density at radius 2 is 2.11 bits per heavy atom. The van der Waals surface area contributed by atoms with Gasteiger partial charge in [0.25, 0.3) is 0 Å². The van der Waals surface area contributed by atoms with Crippen LogP contribution in [-0.2, 0) is 6.54 Å². The molecule has 0 spiro atoms. The van der Waals surface area contributed by atoms with Crippen molar-refractivity contribution >= 4 is 16.9 Å². The normalized spacial score (nSPS) is 14.0. The van der Waals surface area contributed by atoms with E-state index in [0.717, 1.165) is 11.1 Å². The Morgan fingerprint density at radius 3 is 2.93 bits per heavy atom. The third-order valence-electron chi connectivity index (χ3n) is 4.62. The first-order chi connectivity index (χ1) is 13.2. The Labute approximate surface area is 154 Å². The molecule has 27 heavy (non-hydrogen) atoms. The van der Waals surface area contributed by atoms with E-state index in [2.05, 4.69) is 25.4 Å². The van der Waals surface area contributed by atoms with E-state index in [1.165, 1.54) is 12.8 Å². The second kappa shape index (κ2) is 6.04.